The SMILES string of the molecule is O=C(Nc1ccc(CCO)cc1)C1CCN(S(=O)(=O)c2cccs2)CC1. The van der Waals surface area contributed by atoms with E-state index in [0.717, 1.165) is 5.56 Å². The van der Waals surface area contributed by atoms with Gasteiger partial charge in [0.1, 0.15) is 4.21 Å². The third-order valence-corrected chi connectivity index (χ3v) is 7.81. The van der Waals surface area contributed by atoms with E-state index in [-0.39, 0.29) is 18.4 Å². The molecule has 2 heterocycles. The summed E-state index contributed by atoms with van der Waals surface area (Å²) in [7, 11) is -3.44. The molecular formula is C18H22N2O4S2. The van der Waals surface area contributed by atoms with Gasteiger partial charge in [-0.2, -0.15) is 4.31 Å². The number of carbonyl (C=O) groups excluding carboxylic acids is 1. The van der Waals surface area contributed by atoms with Crippen molar-refractivity contribution in [3.63, 3.8) is 0 Å². The number of nitrogens with one attached hydrogen (secondary N) is 1. The summed E-state index contributed by atoms with van der Waals surface area (Å²) in [5, 5.41) is 13.6. The molecule has 6 nitrogen and oxygen atoms in total. The predicted molar refractivity (Wildman–Crippen MR) is 102 cm³/mol. The summed E-state index contributed by atoms with van der Waals surface area (Å²) < 4.78 is 26.9. The lowest BCUT2D eigenvalue weighted by Crippen LogP contribution is -2.41. The number of thiophene rings is 1. The molecule has 1 fully saturated rings. The Labute approximate surface area is 157 Å². The van der Waals surface area contributed by atoms with Crippen LogP contribution in [0.5, 0.6) is 0 Å². The maximum absolute atomic E-state index is 12.5. The van der Waals surface area contributed by atoms with E-state index < -0.39 is 10.0 Å². The smallest absolute Gasteiger partial charge is 0.252 e. The Balaban J connectivity index is 1.55. The van der Waals surface area contributed by atoms with Gasteiger partial charge in [-0.3, -0.25) is 4.79 Å². The van der Waals surface area contributed by atoms with E-state index in [2.05, 4.69) is 5.32 Å². The van der Waals surface area contributed by atoms with Crippen LogP contribution in [0, 0.1) is 5.92 Å². The summed E-state index contributed by atoms with van der Waals surface area (Å²) in [6.07, 6.45) is 1.61. The zero-order valence-electron chi connectivity index (χ0n) is 14.3. The maximum atomic E-state index is 12.5. The Morgan fingerprint density at radius 1 is 1.19 bits per heavy atom. The van der Waals surface area contributed by atoms with E-state index >= 15 is 0 Å². The number of nitrogens with zero attached hydrogens (tertiary/aromatic N) is 1. The summed E-state index contributed by atoms with van der Waals surface area (Å²) in [6, 6.07) is 10.7. The van der Waals surface area contributed by atoms with Crippen molar-refractivity contribution in [2.75, 3.05) is 25.0 Å². The molecule has 1 aliphatic heterocycles. The second-order valence-corrected chi connectivity index (χ2v) is 9.38. The first-order valence-electron chi connectivity index (χ1n) is 8.55. The van der Waals surface area contributed by atoms with Gasteiger partial charge in [0.25, 0.3) is 10.0 Å². The van der Waals surface area contributed by atoms with E-state index in [9.17, 15) is 13.2 Å². The number of aliphatic hydroxyl groups is 1. The Morgan fingerprint density at radius 2 is 1.88 bits per heavy atom. The standard InChI is InChI=1S/C18H22N2O4S2/c21-12-9-14-3-5-16(6-4-14)19-18(22)15-7-10-20(11-8-15)26(23,24)17-2-1-13-25-17/h1-6,13,15,21H,7-12H2,(H,19,22). The monoisotopic (exact) mass is 394 g/mol. The summed E-state index contributed by atoms with van der Waals surface area (Å²) in [6.45, 7) is 0.806. The third kappa shape index (κ3) is 4.32. The van der Waals surface area contributed by atoms with Crippen molar-refractivity contribution in [2.24, 2.45) is 5.92 Å². The largest absolute Gasteiger partial charge is 0.396 e. The number of anilines is 1. The average Bonchev–Trinajstić information content (AvgIpc) is 3.19. The minimum absolute atomic E-state index is 0.0759. The number of carbonyl (C=O) groups is 1. The van der Waals surface area contributed by atoms with E-state index in [1.54, 1.807) is 17.5 Å². The molecule has 0 aliphatic carbocycles. The van der Waals surface area contributed by atoms with Crippen molar-refractivity contribution in [3.05, 3.63) is 47.3 Å². The number of piperidine rings is 1. The molecule has 1 aromatic carbocycles. The molecular weight excluding hydrogens is 372 g/mol. The van der Waals surface area contributed by atoms with Gasteiger partial charge >= 0.3 is 0 Å². The molecule has 140 valence electrons. The van der Waals surface area contributed by atoms with Gasteiger partial charge in [-0.05, 0) is 48.4 Å². The van der Waals surface area contributed by atoms with Crippen LogP contribution >= 0.6 is 11.3 Å². The van der Waals surface area contributed by atoms with Gasteiger partial charge in [0, 0.05) is 31.3 Å². The number of rotatable bonds is 6. The number of hydrogen-bond donors (Lipinski definition) is 2. The van der Waals surface area contributed by atoms with Crippen molar-refractivity contribution in [1.82, 2.24) is 4.31 Å². The summed E-state index contributed by atoms with van der Waals surface area (Å²) >= 11 is 1.21. The van der Waals surface area contributed by atoms with Crippen molar-refractivity contribution < 1.29 is 18.3 Å². The van der Waals surface area contributed by atoms with Gasteiger partial charge in [-0.25, -0.2) is 8.42 Å². The van der Waals surface area contributed by atoms with Crippen LogP contribution in [0.15, 0.2) is 46.0 Å². The highest BCUT2D eigenvalue weighted by Crippen LogP contribution is 2.27. The summed E-state index contributed by atoms with van der Waals surface area (Å²) in [5.74, 6) is -0.269. The van der Waals surface area contributed by atoms with E-state index in [1.807, 2.05) is 24.3 Å². The van der Waals surface area contributed by atoms with Crippen LogP contribution in [0.2, 0.25) is 0 Å². The topological polar surface area (TPSA) is 86.7 Å². The first kappa shape index (κ1) is 19.0. The first-order valence-corrected chi connectivity index (χ1v) is 10.9. The highest BCUT2D eigenvalue weighted by atomic mass is 32.2. The Morgan fingerprint density at radius 3 is 2.46 bits per heavy atom. The number of benzene rings is 1. The van der Waals surface area contributed by atoms with E-state index in [1.165, 1.54) is 15.6 Å². The molecule has 1 aromatic heterocycles. The molecule has 2 N–H and O–H groups in total. The Bertz CT molecular complexity index is 825. The van der Waals surface area contributed by atoms with Crippen LogP contribution in [0.25, 0.3) is 0 Å². The van der Waals surface area contributed by atoms with Gasteiger partial charge < -0.3 is 10.4 Å². The molecule has 0 spiro atoms. The number of aliphatic hydroxyl groups excluding tert-OH is 1. The van der Waals surface area contributed by atoms with Crippen LogP contribution < -0.4 is 5.32 Å². The van der Waals surface area contributed by atoms with Gasteiger partial charge in [0.2, 0.25) is 5.91 Å². The van der Waals surface area contributed by atoms with E-state index in [4.69, 9.17) is 5.11 Å². The zero-order valence-corrected chi connectivity index (χ0v) is 15.9. The van der Waals surface area contributed by atoms with Crippen LogP contribution in [0.4, 0.5) is 5.69 Å². The van der Waals surface area contributed by atoms with Gasteiger partial charge in [-0.1, -0.05) is 18.2 Å². The third-order valence-electron chi connectivity index (χ3n) is 4.54. The second-order valence-electron chi connectivity index (χ2n) is 6.27. The lowest BCUT2D eigenvalue weighted by atomic mass is 9.97. The van der Waals surface area contributed by atoms with Crippen LogP contribution in [0.1, 0.15) is 18.4 Å². The van der Waals surface area contributed by atoms with Crippen molar-refractivity contribution in [3.8, 4) is 0 Å². The average molecular weight is 395 g/mol. The molecule has 0 bridgehead atoms. The van der Waals surface area contributed by atoms with Crippen molar-refractivity contribution >= 4 is 33.0 Å². The minimum atomic E-state index is -3.44. The molecule has 3 rings (SSSR count). The van der Waals surface area contributed by atoms with Crippen LogP contribution in [-0.2, 0) is 21.2 Å². The number of hydrogen-bond acceptors (Lipinski definition) is 5. The van der Waals surface area contributed by atoms with E-state index in [0.29, 0.717) is 42.2 Å². The molecule has 0 atom stereocenters. The normalized spacial score (nSPS) is 16.5. The molecule has 1 aliphatic rings. The molecule has 1 amide bonds. The van der Waals surface area contributed by atoms with Crippen LogP contribution in [0.3, 0.4) is 0 Å². The molecule has 0 radical (unpaired) electrons. The fourth-order valence-electron chi connectivity index (χ4n) is 3.02. The lowest BCUT2D eigenvalue weighted by Gasteiger charge is -2.30. The highest BCUT2D eigenvalue weighted by molar-refractivity contribution is 7.91. The second kappa shape index (κ2) is 8.30. The molecule has 1 saturated heterocycles. The van der Waals surface area contributed by atoms with Crippen molar-refractivity contribution in [2.45, 2.75) is 23.5 Å². The number of amides is 1. The summed E-state index contributed by atoms with van der Waals surface area (Å²) in [5.41, 5.74) is 1.72. The molecule has 2 aromatic rings. The highest BCUT2D eigenvalue weighted by Gasteiger charge is 2.32. The number of sulfonamides is 1. The summed E-state index contributed by atoms with van der Waals surface area (Å²) in [4.78, 5) is 12.4. The minimum Gasteiger partial charge on any atom is -0.396 e. The van der Waals surface area contributed by atoms with Gasteiger partial charge in [0.05, 0.1) is 0 Å². The first-order chi connectivity index (χ1) is 12.5. The lowest BCUT2D eigenvalue weighted by molar-refractivity contribution is -0.120. The van der Waals surface area contributed by atoms with Gasteiger partial charge in [-0.15, -0.1) is 11.3 Å². The Hall–Kier alpha value is -1.74. The molecule has 0 saturated carbocycles. The zero-order chi connectivity index (χ0) is 18.6. The van der Waals surface area contributed by atoms with Crippen LogP contribution in [-0.4, -0.2) is 43.4 Å². The van der Waals surface area contributed by atoms with Crippen molar-refractivity contribution in [1.29, 1.82) is 0 Å². The molecule has 26 heavy (non-hydrogen) atoms. The fourth-order valence-corrected chi connectivity index (χ4v) is 5.64. The predicted octanol–water partition coefficient (Wildman–Crippen LogP) is 2.32. The quantitative estimate of drug-likeness (QED) is 0.787. The fraction of sp³-hybridized carbons (Fsp3) is 0.389. The maximum Gasteiger partial charge on any atom is 0.252 e. The van der Waals surface area contributed by atoms with Gasteiger partial charge in [0.15, 0.2) is 0 Å². The molecule has 0 unspecified atom stereocenters. The molecule has 8 heteroatoms. The Kier molecular flexibility index (Phi) is 6.08.